The highest BCUT2D eigenvalue weighted by Crippen LogP contribution is 2.17. The molecule has 116 valence electrons. The van der Waals surface area contributed by atoms with E-state index in [0.29, 0.717) is 0 Å². The van der Waals surface area contributed by atoms with E-state index < -0.39 is 0 Å². The van der Waals surface area contributed by atoms with Gasteiger partial charge in [-0.1, -0.05) is 0 Å². The van der Waals surface area contributed by atoms with Gasteiger partial charge in [0.2, 0.25) is 0 Å². The molecule has 0 unspecified atom stereocenters. The molecule has 4 nitrogen and oxygen atoms in total. The average Bonchev–Trinajstić information content (AvgIpc) is 2.66. The Kier molecular flexibility index (Phi) is 6.72. The maximum Gasteiger partial charge on any atom is 0.118 e. The van der Waals surface area contributed by atoms with Crippen LogP contribution in [0.15, 0.2) is 10.5 Å². The smallest absolute Gasteiger partial charge is 0.118 e. The molecule has 0 aromatic carbocycles. The molecule has 0 aliphatic carbocycles. The number of hydrogen-bond acceptors (Lipinski definition) is 4. The second-order valence-corrected chi connectivity index (χ2v) is 6.33. The first-order valence-corrected chi connectivity index (χ1v) is 7.41. The molecule has 0 aliphatic heterocycles. The fraction of sp³-hybridized carbons (Fsp3) is 0.750. The van der Waals surface area contributed by atoms with E-state index in [0.717, 1.165) is 44.4 Å². The highest BCUT2D eigenvalue weighted by atomic mass is 16.5. The number of hydrogen-bond donors (Lipinski definition) is 1. The molecule has 0 saturated carbocycles. The Hall–Kier alpha value is -0.840. The van der Waals surface area contributed by atoms with Crippen molar-refractivity contribution >= 4 is 0 Å². The van der Waals surface area contributed by atoms with Crippen molar-refractivity contribution in [2.24, 2.45) is 0 Å². The summed E-state index contributed by atoms with van der Waals surface area (Å²) in [5.74, 6) is 2.03. The summed E-state index contributed by atoms with van der Waals surface area (Å²) in [7, 11) is 2.09. The summed E-state index contributed by atoms with van der Waals surface area (Å²) in [6, 6.07) is 2.16. The minimum atomic E-state index is 0.123. The Morgan fingerprint density at radius 3 is 2.65 bits per heavy atom. The molecule has 0 aliphatic rings. The number of furan rings is 1. The van der Waals surface area contributed by atoms with E-state index >= 15 is 0 Å². The normalized spacial score (nSPS) is 12.3. The predicted octanol–water partition coefficient (Wildman–Crippen LogP) is 2.94. The lowest BCUT2D eigenvalue weighted by Gasteiger charge is -2.20. The van der Waals surface area contributed by atoms with Crippen molar-refractivity contribution in [2.75, 3.05) is 26.8 Å². The lowest BCUT2D eigenvalue weighted by molar-refractivity contribution is 0.118. The molecule has 0 amide bonds. The van der Waals surface area contributed by atoms with Gasteiger partial charge in [0.1, 0.15) is 11.5 Å². The summed E-state index contributed by atoms with van der Waals surface area (Å²) in [6.45, 7) is 14.7. The lowest BCUT2D eigenvalue weighted by atomic mass is 10.1. The van der Waals surface area contributed by atoms with Gasteiger partial charge < -0.3 is 14.5 Å². The minimum Gasteiger partial charge on any atom is -0.465 e. The van der Waals surface area contributed by atoms with Gasteiger partial charge in [-0.3, -0.25) is 4.90 Å². The topological polar surface area (TPSA) is 37.6 Å². The van der Waals surface area contributed by atoms with Crippen molar-refractivity contribution in [2.45, 2.75) is 53.2 Å². The molecule has 0 bridgehead atoms. The van der Waals surface area contributed by atoms with Crippen LogP contribution in [0.2, 0.25) is 0 Å². The van der Waals surface area contributed by atoms with Crippen LogP contribution in [0.1, 0.15) is 44.8 Å². The van der Waals surface area contributed by atoms with Gasteiger partial charge in [0.15, 0.2) is 0 Å². The highest BCUT2D eigenvalue weighted by molar-refractivity contribution is 5.20. The number of nitrogens with one attached hydrogen (secondary N) is 1. The lowest BCUT2D eigenvalue weighted by Crippen LogP contribution is -2.35. The van der Waals surface area contributed by atoms with E-state index in [1.165, 1.54) is 5.56 Å². The van der Waals surface area contributed by atoms with Crippen molar-refractivity contribution in [3.8, 4) is 0 Å². The Bertz CT molecular complexity index is 394. The molecule has 0 fully saturated rings. The molecule has 0 atom stereocenters. The number of rotatable bonds is 8. The predicted molar refractivity (Wildman–Crippen MR) is 82.9 cm³/mol. The number of aryl methyl sites for hydroxylation is 1. The standard InChI is InChI=1S/C16H30N2O2/c1-7-19-9-8-18(6)12-15-10-14(13(2)20-15)11-17-16(3,4)5/h10,17H,7-9,11-12H2,1-6H3. The van der Waals surface area contributed by atoms with Crippen LogP contribution in [0.4, 0.5) is 0 Å². The summed E-state index contributed by atoms with van der Waals surface area (Å²) in [4.78, 5) is 2.22. The molecule has 0 radical (unpaired) electrons. The summed E-state index contributed by atoms with van der Waals surface area (Å²) < 4.78 is 11.2. The van der Waals surface area contributed by atoms with Crippen LogP contribution in [-0.4, -0.2) is 37.2 Å². The molecular weight excluding hydrogens is 252 g/mol. The van der Waals surface area contributed by atoms with Crippen LogP contribution in [0, 0.1) is 6.92 Å². The van der Waals surface area contributed by atoms with Crippen molar-refractivity contribution in [1.82, 2.24) is 10.2 Å². The number of ether oxygens (including phenoxy) is 1. The molecule has 1 N–H and O–H groups in total. The van der Waals surface area contributed by atoms with E-state index in [4.69, 9.17) is 9.15 Å². The van der Waals surface area contributed by atoms with Crippen molar-refractivity contribution in [3.63, 3.8) is 0 Å². The maximum atomic E-state index is 5.83. The first-order chi connectivity index (χ1) is 9.31. The Labute approximate surface area is 123 Å². The first-order valence-electron chi connectivity index (χ1n) is 7.41. The average molecular weight is 282 g/mol. The van der Waals surface area contributed by atoms with Crippen LogP contribution in [-0.2, 0) is 17.8 Å². The zero-order chi connectivity index (χ0) is 15.2. The van der Waals surface area contributed by atoms with Gasteiger partial charge in [0.05, 0.1) is 13.2 Å². The largest absolute Gasteiger partial charge is 0.465 e. The van der Waals surface area contributed by atoms with E-state index in [1.807, 2.05) is 13.8 Å². The zero-order valence-electron chi connectivity index (χ0n) is 13.9. The van der Waals surface area contributed by atoms with Gasteiger partial charge in [-0.2, -0.15) is 0 Å². The summed E-state index contributed by atoms with van der Waals surface area (Å²) in [5, 5.41) is 3.49. The summed E-state index contributed by atoms with van der Waals surface area (Å²) in [6.07, 6.45) is 0. The number of likely N-dealkylation sites (N-methyl/N-ethyl adjacent to an activating group) is 1. The van der Waals surface area contributed by atoms with Crippen LogP contribution < -0.4 is 5.32 Å². The second-order valence-electron chi connectivity index (χ2n) is 6.33. The molecule has 20 heavy (non-hydrogen) atoms. The summed E-state index contributed by atoms with van der Waals surface area (Å²) >= 11 is 0. The van der Waals surface area contributed by atoms with Gasteiger partial charge >= 0.3 is 0 Å². The third kappa shape index (κ3) is 6.55. The van der Waals surface area contributed by atoms with Gasteiger partial charge in [-0.15, -0.1) is 0 Å². The zero-order valence-corrected chi connectivity index (χ0v) is 13.9. The van der Waals surface area contributed by atoms with Crippen molar-refractivity contribution in [3.05, 3.63) is 23.2 Å². The van der Waals surface area contributed by atoms with E-state index in [9.17, 15) is 0 Å². The first kappa shape index (κ1) is 17.2. The van der Waals surface area contributed by atoms with Gasteiger partial charge in [0, 0.05) is 30.8 Å². The minimum absolute atomic E-state index is 0.123. The highest BCUT2D eigenvalue weighted by Gasteiger charge is 2.13. The molecule has 1 aromatic rings. The molecule has 1 rings (SSSR count). The quantitative estimate of drug-likeness (QED) is 0.744. The van der Waals surface area contributed by atoms with Crippen LogP contribution in [0.5, 0.6) is 0 Å². The fourth-order valence-electron chi connectivity index (χ4n) is 1.91. The molecule has 1 aromatic heterocycles. The Balaban J connectivity index is 2.48. The third-order valence-electron chi connectivity index (χ3n) is 3.13. The van der Waals surface area contributed by atoms with Crippen molar-refractivity contribution in [1.29, 1.82) is 0 Å². The van der Waals surface area contributed by atoms with Crippen LogP contribution >= 0.6 is 0 Å². The van der Waals surface area contributed by atoms with E-state index in [-0.39, 0.29) is 5.54 Å². The van der Waals surface area contributed by atoms with Crippen LogP contribution in [0.25, 0.3) is 0 Å². The monoisotopic (exact) mass is 282 g/mol. The van der Waals surface area contributed by atoms with Crippen LogP contribution in [0.3, 0.4) is 0 Å². The number of nitrogens with zero attached hydrogens (tertiary/aromatic N) is 1. The Morgan fingerprint density at radius 1 is 1.35 bits per heavy atom. The van der Waals surface area contributed by atoms with Crippen molar-refractivity contribution < 1.29 is 9.15 Å². The maximum absolute atomic E-state index is 5.83. The molecular formula is C16H30N2O2. The molecule has 1 heterocycles. The molecule has 0 spiro atoms. The van der Waals surface area contributed by atoms with Gasteiger partial charge in [0.25, 0.3) is 0 Å². The van der Waals surface area contributed by atoms with Gasteiger partial charge in [-0.25, -0.2) is 0 Å². The Morgan fingerprint density at radius 2 is 2.05 bits per heavy atom. The molecule has 0 saturated heterocycles. The third-order valence-corrected chi connectivity index (χ3v) is 3.13. The second kappa shape index (κ2) is 7.81. The van der Waals surface area contributed by atoms with E-state index in [1.54, 1.807) is 0 Å². The SMILES string of the molecule is CCOCCN(C)Cc1cc(CNC(C)(C)C)c(C)o1. The van der Waals surface area contributed by atoms with E-state index in [2.05, 4.69) is 44.1 Å². The van der Waals surface area contributed by atoms with Gasteiger partial charge in [-0.05, 0) is 47.7 Å². The molecule has 4 heteroatoms. The summed E-state index contributed by atoms with van der Waals surface area (Å²) in [5.41, 5.74) is 1.37. The fourth-order valence-corrected chi connectivity index (χ4v) is 1.91.